The van der Waals surface area contributed by atoms with Crippen LogP contribution in [-0.2, 0) is 0 Å². The number of rotatable bonds is 6. The lowest BCUT2D eigenvalue weighted by Crippen LogP contribution is -2.27. The summed E-state index contributed by atoms with van der Waals surface area (Å²) in [6.07, 6.45) is 0. The molecule has 2 aromatic rings. The summed E-state index contributed by atoms with van der Waals surface area (Å²) in [6, 6.07) is 10.1. The van der Waals surface area contributed by atoms with Gasteiger partial charge in [0.2, 0.25) is 15.4 Å². The number of carbonyl (C=O) groups is 1. The first-order valence-electron chi connectivity index (χ1n) is 6.73. The number of halogens is 3. The van der Waals surface area contributed by atoms with Gasteiger partial charge >= 0.3 is 0 Å². The number of alkyl halides is 2. The van der Waals surface area contributed by atoms with Gasteiger partial charge in [0, 0.05) is 6.07 Å². The molecule has 7 heteroatoms. The van der Waals surface area contributed by atoms with Crippen molar-refractivity contribution in [3.05, 3.63) is 53.6 Å². The van der Waals surface area contributed by atoms with Crippen molar-refractivity contribution in [2.45, 2.75) is 23.6 Å². The Kier molecular flexibility index (Phi) is 5.53. The van der Waals surface area contributed by atoms with E-state index >= 15 is 0 Å². The van der Waals surface area contributed by atoms with Crippen LogP contribution in [0.25, 0.3) is 0 Å². The smallest absolute Gasteiger partial charge is 0.233 e. The van der Waals surface area contributed by atoms with Crippen LogP contribution in [0.2, 0.25) is 0 Å². The average Bonchev–Trinajstić information content (AvgIpc) is 2.88. The van der Waals surface area contributed by atoms with Crippen LogP contribution in [0.1, 0.15) is 35.9 Å². The molecule has 0 spiro atoms. The molecule has 0 saturated carbocycles. The first kappa shape index (κ1) is 17.3. The van der Waals surface area contributed by atoms with E-state index in [1.54, 1.807) is 0 Å². The second kappa shape index (κ2) is 7.02. The Morgan fingerprint density at radius 2 is 2.05 bits per heavy atom. The van der Waals surface area contributed by atoms with Crippen molar-refractivity contribution in [3.8, 4) is 0 Å². The Labute approximate surface area is 142 Å². The summed E-state index contributed by atoms with van der Waals surface area (Å²) in [5, 5.41) is 3.78. The van der Waals surface area contributed by atoms with Gasteiger partial charge in [-0.15, -0.1) is 16.9 Å². The SMILES string of the molecule is CCSC(Cl)(Cl)C(=O)c1cc(F)nn1[C@H](C)c1ccccc1. The number of thioether (sulfide) groups is 1. The van der Waals surface area contributed by atoms with E-state index in [4.69, 9.17) is 23.2 Å². The van der Waals surface area contributed by atoms with Gasteiger partial charge in [-0.2, -0.15) is 4.39 Å². The van der Waals surface area contributed by atoms with Crippen LogP contribution < -0.4 is 0 Å². The molecule has 1 heterocycles. The third-order valence-corrected chi connectivity index (χ3v) is 5.01. The van der Waals surface area contributed by atoms with E-state index in [1.807, 2.05) is 44.2 Å². The fourth-order valence-electron chi connectivity index (χ4n) is 2.10. The van der Waals surface area contributed by atoms with Crippen molar-refractivity contribution in [1.29, 1.82) is 0 Å². The van der Waals surface area contributed by atoms with Crippen LogP contribution in [0.3, 0.4) is 0 Å². The number of hydrogen-bond acceptors (Lipinski definition) is 3. The predicted octanol–water partition coefficient (Wildman–Crippen LogP) is 4.70. The van der Waals surface area contributed by atoms with E-state index < -0.39 is 15.4 Å². The van der Waals surface area contributed by atoms with Gasteiger partial charge in [-0.25, -0.2) is 0 Å². The lowest BCUT2D eigenvalue weighted by Gasteiger charge is -2.20. The molecule has 0 bridgehead atoms. The van der Waals surface area contributed by atoms with E-state index in [9.17, 15) is 9.18 Å². The van der Waals surface area contributed by atoms with Crippen LogP contribution >= 0.6 is 35.0 Å². The summed E-state index contributed by atoms with van der Waals surface area (Å²) in [7, 11) is 0. The fraction of sp³-hybridized carbons (Fsp3) is 0.333. The second-order valence-electron chi connectivity index (χ2n) is 4.66. The normalized spacial score (nSPS) is 13.1. The van der Waals surface area contributed by atoms with Gasteiger partial charge in [0.1, 0.15) is 5.69 Å². The highest BCUT2D eigenvalue weighted by Gasteiger charge is 2.37. The van der Waals surface area contributed by atoms with Crippen molar-refractivity contribution in [2.75, 3.05) is 5.75 Å². The van der Waals surface area contributed by atoms with Gasteiger partial charge in [-0.3, -0.25) is 9.48 Å². The molecule has 0 aliphatic carbocycles. The summed E-state index contributed by atoms with van der Waals surface area (Å²) >= 11 is 13.2. The minimum absolute atomic E-state index is 0.0554. The van der Waals surface area contributed by atoms with Gasteiger partial charge in [0.15, 0.2) is 0 Å². The number of hydrogen-bond donors (Lipinski definition) is 0. The largest absolute Gasteiger partial charge is 0.288 e. The van der Waals surface area contributed by atoms with E-state index in [1.165, 1.54) is 4.68 Å². The molecule has 0 amide bonds. The van der Waals surface area contributed by atoms with E-state index in [0.29, 0.717) is 5.75 Å². The minimum atomic E-state index is -1.66. The highest BCUT2D eigenvalue weighted by molar-refractivity contribution is 8.04. The zero-order chi connectivity index (χ0) is 16.3. The van der Waals surface area contributed by atoms with Crippen molar-refractivity contribution < 1.29 is 9.18 Å². The topological polar surface area (TPSA) is 34.9 Å². The summed E-state index contributed by atoms with van der Waals surface area (Å²) < 4.78 is 13.3. The van der Waals surface area contributed by atoms with Crippen molar-refractivity contribution in [3.63, 3.8) is 0 Å². The van der Waals surface area contributed by atoms with Crippen LogP contribution in [0.5, 0.6) is 0 Å². The Bertz CT molecular complexity index is 661. The number of carbonyl (C=O) groups excluding carboxylic acids is 1. The molecule has 1 aromatic carbocycles. The highest BCUT2D eigenvalue weighted by Crippen LogP contribution is 2.38. The highest BCUT2D eigenvalue weighted by atomic mass is 35.5. The molecule has 1 aromatic heterocycles. The van der Waals surface area contributed by atoms with Crippen LogP contribution in [0, 0.1) is 5.95 Å². The third kappa shape index (κ3) is 3.65. The van der Waals surface area contributed by atoms with Crippen molar-refractivity contribution in [1.82, 2.24) is 9.78 Å². The maximum Gasteiger partial charge on any atom is 0.233 e. The average molecular weight is 361 g/mol. The quantitative estimate of drug-likeness (QED) is 0.553. The number of ketones is 1. The fourth-order valence-corrected chi connectivity index (χ4v) is 3.54. The van der Waals surface area contributed by atoms with Crippen LogP contribution in [0.15, 0.2) is 36.4 Å². The van der Waals surface area contributed by atoms with Gasteiger partial charge in [0.05, 0.1) is 6.04 Å². The lowest BCUT2D eigenvalue weighted by atomic mass is 10.1. The van der Waals surface area contributed by atoms with Gasteiger partial charge in [0.25, 0.3) is 0 Å². The molecule has 0 N–H and O–H groups in total. The number of aromatic nitrogens is 2. The van der Waals surface area contributed by atoms with E-state index in [-0.39, 0.29) is 11.7 Å². The van der Waals surface area contributed by atoms with Gasteiger partial charge in [-0.1, -0.05) is 60.5 Å². The molecule has 0 fully saturated rings. The second-order valence-corrected chi connectivity index (χ2v) is 7.92. The molecule has 0 radical (unpaired) electrons. The van der Waals surface area contributed by atoms with Crippen molar-refractivity contribution >= 4 is 40.7 Å². The maximum atomic E-state index is 13.6. The van der Waals surface area contributed by atoms with E-state index in [2.05, 4.69) is 5.10 Å². The molecule has 2 rings (SSSR count). The first-order valence-corrected chi connectivity index (χ1v) is 8.47. The molecule has 0 aliphatic rings. The predicted molar refractivity (Wildman–Crippen MR) is 89.3 cm³/mol. The maximum absolute atomic E-state index is 13.6. The molecule has 1 atom stereocenters. The lowest BCUT2D eigenvalue weighted by molar-refractivity contribution is 0.0987. The zero-order valence-corrected chi connectivity index (χ0v) is 14.4. The molecular formula is C15H15Cl2FN2OS. The standard InChI is InChI=1S/C15H15Cl2FN2OS/c1-3-22-15(16,17)14(21)12-9-13(18)19-20(12)10(2)11-7-5-4-6-8-11/h4-10H,3H2,1-2H3/t10-/m1/s1. The van der Waals surface area contributed by atoms with Crippen LogP contribution in [0.4, 0.5) is 4.39 Å². The molecule has 0 saturated heterocycles. The Balaban J connectivity index is 2.41. The van der Waals surface area contributed by atoms with Gasteiger partial charge < -0.3 is 0 Å². The Hall–Kier alpha value is -1.04. The molecule has 3 nitrogen and oxygen atoms in total. The molecule has 118 valence electrons. The van der Waals surface area contributed by atoms with E-state index in [0.717, 1.165) is 23.4 Å². The minimum Gasteiger partial charge on any atom is -0.288 e. The zero-order valence-electron chi connectivity index (χ0n) is 12.1. The third-order valence-electron chi connectivity index (χ3n) is 3.18. The number of Topliss-reactive ketones (excluding diaryl/α,β-unsaturated/α-hetero) is 1. The Morgan fingerprint density at radius 3 is 2.64 bits per heavy atom. The Morgan fingerprint density at radius 1 is 1.41 bits per heavy atom. The number of benzene rings is 1. The molecular weight excluding hydrogens is 346 g/mol. The number of nitrogens with zero attached hydrogens (tertiary/aromatic N) is 2. The monoisotopic (exact) mass is 360 g/mol. The molecule has 22 heavy (non-hydrogen) atoms. The summed E-state index contributed by atoms with van der Waals surface area (Å²) in [6.45, 7) is 3.66. The first-order chi connectivity index (χ1) is 10.4. The van der Waals surface area contributed by atoms with Crippen LogP contribution in [-0.4, -0.2) is 25.0 Å². The summed E-state index contributed by atoms with van der Waals surface area (Å²) in [5.74, 6) is -0.748. The van der Waals surface area contributed by atoms with Gasteiger partial charge in [-0.05, 0) is 18.2 Å². The molecule has 0 unspecified atom stereocenters. The summed E-state index contributed by atoms with van der Waals surface area (Å²) in [4.78, 5) is 12.5. The van der Waals surface area contributed by atoms with Crippen molar-refractivity contribution in [2.24, 2.45) is 0 Å². The molecule has 0 aliphatic heterocycles. The summed E-state index contributed by atoms with van der Waals surface area (Å²) in [5.41, 5.74) is 0.956.